The molecule has 0 fully saturated rings. The Morgan fingerprint density at radius 1 is 1.05 bits per heavy atom. The van der Waals surface area contributed by atoms with E-state index in [4.69, 9.17) is 9.47 Å². The topological polar surface area (TPSA) is 64.0 Å². The van der Waals surface area contributed by atoms with Crippen LogP contribution < -0.4 is 10.5 Å². The summed E-state index contributed by atoms with van der Waals surface area (Å²) in [7, 11) is 7.70. The van der Waals surface area contributed by atoms with Crippen LogP contribution in [0, 0.1) is 6.92 Å². The number of carbonyl (C=O) groups is 1. The van der Waals surface area contributed by atoms with Gasteiger partial charge >= 0.3 is 0 Å². The van der Waals surface area contributed by atoms with E-state index in [1.807, 2.05) is 37.2 Å². The third kappa shape index (κ3) is 7.68. The normalized spacial score (nSPS) is 11.4. The summed E-state index contributed by atoms with van der Waals surface area (Å²) in [5.74, 6) is 0.813. The number of nitrogens with zero attached hydrogens (tertiary/aromatic N) is 3. The molecule has 3 aromatic rings. The Kier molecular flexibility index (Phi) is 11.2. The van der Waals surface area contributed by atoms with Crippen LogP contribution >= 0.6 is 11.8 Å². The van der Waals surface area contributed by atoms with E-state index in [9.17, 15) is 9.59 Å². The van der Waals surface area contributed by atoms with Crippen molar-refractivity contribution in [2.75, 3.05) is 65.3 Å². The molecule has 0 aliphatic carbocycles. The Balaban J connectivity index is 1.79. The average Bonchev–Trinajstić information content (AvgIpc) is 2.88. The van der Waals surface area contributed by atoms with Crippen molar-refractivity contribution in [1.29, 1.82) is 0 Å². The lowest BCUT2D eigenvalue weighted by atomic mass is 10.1. The molecule has 0 spiro atoms. The first-order valence-electron chi connectivity index (χ1n) is 12.6. The third-order valence-corrected chi connectivity index (χ3v) is 7.62. The van der Waals surface area contributed by atoms with Crippen LogP contribution in [-0.2, 0) is 22.6 Å². The van der Waals surface area contributed by atoms with Gasteiger partial charge in [-0.25, -0.2) is 0 Å². The van der Waals surface area contributed by atoms with Gasteiger partial charge in [0.05, 0.1) is 30.9 Å². The van der Waals surface area contributed by atoms with Gasteiger partial charge in [0.25, 0.3) is 5.56 Å². The number of rotatable bonds is 15. The number of anilines is 1. The number of hydrogen-bond donors (Lipinski definition) is 0. The first-order chi connectivity index (χ1) is 17.9. The lowest BCUT2D eigenvalue weighted by Gasteiger charge is -2.20. The molecule has 37 heavy (non-hydrogen) atoms. The van der Waals surface area contributed by atoms with Gasteiger partial charge in [0.1, 0.15) is 0 Å². The number of pyridine rings is 1. The Hall–Kier alpha value is -2.65. The van der Waals surface area contributed by atoms with Gasteiger partial charge in [0.15, 0.2) is 6.29 Å². The van der Waals surface area contributed by atoms with Gasteiger partial charge in [0.2, 0.25) is 0 Å². The minimum atomic E-state index is -0.270. The highest BCUT2D eigenvalue weighted by Gasteiger charge is 2.18. The van der Waals surface area contributed by atoms with Crippen LogP contribution in [0.3, 0.4) is 0 Å². The molecule has 0 aliphatic rings. The van der Waals surface area contributed by atoms with Gasteiger partial charge < -0.3 is 23.8 Å². The maximum atomic E-state index is 13.4. The van der Waals surface area contributed by atoms with Gasteiger partial charge in [-0.15, -0.1) is 11.8 Å². The zero-order valence-electron chi connectivity index (χ0n) is 22.7. The molecule has 0 aliphatic heterocycles. The number of benzene rings is 2. The number of aryl methyl sites for hydroxylation is 1. The number of ether oxygens (including phenoxy) is 2. The second-order valence-electron chi connectivity index (χ2n) is 9.38. The minimum Gasteiger partial charge on any atom is -0.382 e. The molecule has 0 radical (unpaired) electrons. The van der Waals surface area contributed by atoms with E-state index in [1.165, 1.54) is 11.1 Å². The molecule has 2 aromatic carbocycles. The highest BCUT2D eigenvalue weighted by molar-refractivity contribution is 7.99. The Bertz CT molecular complexity index is 1240. The summed E-state index contributed by atoms with van der Waals surface area (Å²) in [6.07, 6.45) is 1.65. The third-order valence-electron chi connectivity index (χ3n) is 6.39. The van der Waals surface area contributed by atoms with Crippen molar-refractivity contribution in [3.63, 3.8) is 0 Å². The standard InChI is InChI=1S/C29H39N3O4S/c1-22-9-6-7-10-23(22)20-31(4)13-8-18-37-28-25-12-11-24(30(2)3)19-27(25)32(29(34)26(28)21-33)14-15-36-17-16-35-5/h6-7,9-12,19,21H,8,13-18,20H2,1-5H3. The van der Waals surface area contributed by atoms with Crippen LogP contribution in [0.2, 0.25) is 0 Å². The Morgan fingerprint density at radius 3 is 2.54 bits per heavy atom. The monoisotopic (exact) mass is 525 g/mol. The summed E-state index contributed by atoms with van der Waals surface area (Å²) in [4.78, 5) is 30.6. The Labute approximate surface area is 224 Å². The fourth-order valence-corrected chi connectivity index (χ4v) is 5.35. The number of aldehydes is 1. The summed E-state index contributed by atoms with van der Waals surface area (Å²) in [6, 6.07) is 14.5. The number of carbonyl (C=O) groups excluding carboxylic acids is 1. The van der Waals surface area contributed by atoms with Gasteiger partial charge in [0, 0.05) is 50.3 Å². The predicted molar refractivity (Wildman–Crippen MR) is 153 cm³/mol. The molecule has 0 N–H and O–H groups in total. The summed E-state index contributed by atoms with van der Waals surface area (Å²) >= 11 is 1.59. The number of hydrogen-bond acceptors (Lipinski definition) is 7. The zero-order valence-corrected chi connectivity index (χ0v) is 23.5. The molecule has 0 atom stereocenters. The molecule has 0 bridgehead atoms. The molecule has 1 heterocycles. The quantitative estimate of drug-likeness (QED) is 0.165. The molecule has 1 aromatic heterocycles. The molecule has 3 rings (SSSR count). The first-order valence-corrected chi connectivity index (χ1v) is 13.6. The number of aromatic nitrogens is 1. The van der Waals surface area contributed by atoms with Crippen molar-refractivity contribution in [1.82, 2.24) is 9.47 Å². The second kappa shape index (κ2) is 14.3. The van der Waals surface area contributed by atoms with Gasteiger partial charge in [-0.05, 0) is 62.0 Å². The van der Waals surface area contributed by atoms with Crippen LogP contribution in [-0.4, -0.2) is 76.1 Å². The lowest BCUT2D eigenvalue weighted by Crippen LogP contribution is -2.27. The fraction of sp³-hybridized carbons (Fsp3) is 0.448. The SMILES string of the molecule is COCCOCCn1c(=O)c(C=O)c(SCCCN(C)Cc2ccccc2C)c2ccc(N(C)C)cc21. The number of fused-ring (bicyclic) bond motifs is 1. The van der Waals surface area contributed by atoms with Gasteiger partial charge in [-0.2, -0.15) is 0 Å². The zero-order chi connectivity index (χ0) is 26.8. The number of thioether (sulfide) groups is 1. The molecule has 200 valence electrons. The molecule has 8 heteroatoms. The van der Waals surface area contributed by atoms with E-state index in [0.29, 0.717) is 32.7 Å². The minimum absolute atomic E-state index is 0.222. The average molecular weight is 526 g/mol. The van der Waals surface area contributed by atoms with Crippen LogP contribution in [0.1, 0.15) is 27.9 Å². The summed E-state index contributed by atoms with van der Waals surface area (Å²) in [5, 5.41) is 0.919. The maximum absolute atomic E-state index is 13.4. The molecular weight excluding hydrogens is 486 g/mol. The van der Waals surface area contributed by atoms with E-state index in [1.54, 1.807) is 23.4 Å². The number of methoxy groups -OCH3 is 1. The van der Waals surface area contributed by atoms with Crippen molar-refractivity contribution in [3.8, 4) is 0 Å². The van der Waals surface area contributed by atoms with Crippen LogP contribution in [0.4, 0.5) is 5.69 Å². The van der Waals surface area contributed by atoms with E-state index >= 15 is 0 Å². The van der Waals surface area contributed by atoms with Crippen molar-refractivity contribution in [3.05, 3.63) is 69.5 Å². The molecule has 0 amide bonds. The second-order valence-corrected chi connectivity index (χ2v) is 10.5. The van der Waals surface area contributed by atoms with E-state index in [0.717, 1.165) is 46.7 Å². The molecule has 0 saturated carbocycles. The van der Waals surface area contributed by atoms with Gasteiger partial charge in [-0.1, -0.05) is 24.3 Å². The smallest absolute Gasteiger partial charge is 0.262 e. The maximum Gasteiger partial charge on any atom is 0.262 e. The summed E-state index contributed by atoms with van der Waals surface area (Å²) in [5.41, 5.74) is 4.39. The molecule has 0 saturated heterocycles. The van der Waals surface area contributed by atoms with Crippen molar-refractivity contribution in [2.24, 2.45) is 0 Å². The van der Waals surface area contributed by atoms with Crippen LogP contribution in [0.5, 0.6) is 0 Å². The lowest BCUT2D eigenvalue weighted by molar-refractivity contribution is 0.0666. The van der Waals surface area contributed by atoms with Crippen LogP contribution in [0.25, 0.3) is 10.9 Å². The van der Waals surface area contributed by atoms with Crippen molar-refractivity contribution < 1.29 is 14.3 Å². The van der Waals surface area contributed by atoms with Crippen LogP contribution in [0.15, 0.2) is 52.2 Å². The van der Waals surface area contributed by atoms with Gasteiger partial charge in [-0.3, -0.25) is 9.59 Å². The van der Waals surface area contributed by atoms with Crippen molar-refractivity contribution in [2.45, 2.75) is 31.3 Å². The van der Waals surface area contributed by atoms with E-state index in [-0.39, 0.29) is 11.1 Å². The van der Waals surface area contributed by atoms with E-state index in [2.05, 4.69) is 43.1 Å². The van der Waals surface area contributed by atoms with E-state index < -0.39 is 0 Å². The van der Waals surface area contributed by atoms with Crippen molar-refractivity contribution >= 4 is 34.6 Å². The largest absolute Gasteiger partial charge is 0.382 e. The highest BCUT2D eigenvalue weighted by Crippen LogP contribution is 2.32. The summed E-state index contributed by atoms with van der Waals surface area (Å²) < 4.78 is 12.3. The summed E-state index contributed by atoms with van der Waals surface area (Å²) in [6.45, 7) is 5.65. The Morgan fingerprint density at radius 2 is 1.84 bits per heavy atom. The predicted octanol–water partition coefficient (Wildman–Crippen LogP) is 4.47. The first kappa shape index (κ1) is 28.9. The molecule has 7 nitrogen and oxygen atoms in total. The highest BCUT2D eigenvalue weighted by atomic mass is 32.2. The fourth-order valence-electron chi connectivity index (χ4n) is 4.26. The molecular formula is C29H39N3O4S. The molecule has 0 unspecified atom stereocenters.